The molecule has 0 bridgehead atoms. The molecule has 0 unspecified atom stereocenters. The zero-order chi connectivity index (χ0) is 17.0. The molecule has 0 aliphatic carbocycles. The fourth-order valence-corrected chi connectivity index (χ4v) is 2.42. The lowest BCUT2D eigenvalue weighted by Gasteiger charge is -2.16. The average molecular weight is 318 g/mol. The molecule has 8 nitrogen and oxygen atoms in total. The van der Waals surface area contributed by atoms with Crippen LogP contribution in [-0.4, -0.2) is 31.6 Å². The molecule has 122 valence electrons. The number of hydrogen-bond acceptors (Lipinski definition) is 5. The van der Waals surface area contributed by atoms with Gasteiger partial charge in [-0.3, -0.25) is 4.57 Å². The molecule has 2 N–H and O–H groups in total. The summed E-state index contributed by atoms with van der Waals surface area (Å²) in [7, 11) is 0. The van der Waals surface area contributed by atoms with Crippen LogP contribution in [0.2, 0.25) is 0 Å². The Bertz CT molecular complexity index is 712. The second-order valence-electron chi connectivity index (χ2n) is 5.06. The lowest BCUT2D eigenvalue weighted by Crippen LogP contribution is -2.32. The van der Waals surface area contributed by atoms with Crippen LogP contribution in [-0.2, 0) is 17.8 Å². The Kier molecular flexibility index (Phi) is 4.95. The predicted molar refractivity (Wildman–Crippen MR) is 84.5 cm³/mol. The average Bonchev–Trinajstić information content (AvgIpc) is 2.83. The molecule has 0 amide bonds. The highest BCUT2D eigenvalue weighted by Crippen LogP contribution is 2.26. The monoisotopic (exact) mass is 318 g/mol. The summed E-state index contributed by atoms with van der Waals surface area (Å²) in [6, 6.07) is 8.11. The van der Waals surface area contributed by atoms with Gasteiger partial charge in [0.25, 0.3) is 0 Å². The van der Waals surface area contributed by atoms with Crippen LogP contribution >= 0.6 is 0 Å². The number of carboxylic acid groups (broad SMARTS) is 1. The highest BCUT2D eigenvalue weighted by atomic mass is 16.6. The summed E-state index contributed by atoms with van der Waals surface area (Å²) < 4.78 is 1.60. The molecule has 23 heavy (non-hydrogen) atoms. The number of nitro groups is 1. The molecule has 8 heteroatoms. The molecule has 0 saturated carbocycles. The van der Waals surface area contributed by atoms with Gasteiger partial charge in [0.15, 0.2) is 0 Å². The van der Waals surface area contributed by atoms with Gasteiger partial charge in [-0.15, -0.1) is 0 Å². The summed E-state index contributed by atoms with van der Waals surface area (Å²) in [5, 5.41) is 23.4. The maximum atomic E-state index is 11.5. The van der Waals surface area contributed by atoms with Gasteiger partial charge >= 0.3 is 11.8 Å². The van der Waals surface area contributed by atoms with Gasteiger partial charge in [0.05, 0.1) is 0 Å². The number of aliphatic carboxylic acids is 1. The standard InChI is InChI=1S/C15H18N4O4/c1-3-18-10(2)16-14(19(22)23)13(18)17-12(15(20)21)9-11-7-5-4-6-8-11/h4-8,12,17H,3,9H2,1-2H3,(H,20,21)/t12-/m1/s1. The van der Waals surface area contributed by atoms with Crippen molar-refractivity contribution in [3.8, 4) is 0 Å². The van der Waals surface area contributed by atoms with Crippen LogP contribution in [0.15, 0.2) is 30.3 Å². The molecule has 1 heterocycles. The maximum Gasteiger partial charge on any atom is 0.406 e. The second-order valence-corrected chi connectivity index (χ2v) is 5.06. The second kappa shape index (κ2) is 6.91. The first-order valence-corrected chi connectivity index (χ1v) is 7.18. The Labute approximate surface area is 132 Å². The van der Waals surface area contributed by atoms with Gasteiger partial charge in [0.1, 0.15) is 6.04 Å². The number of aromatic nitrogens is 2. The molecular formula is C15H18N4O4. The summed E-state index contributed by atoms with van der Waals surface area (Å²) in [5.41, 5.74) is 0.828. The Balaban J connectivity index is 2.33. The van der Waals surface area contributed by atoms with Crippen LogP contribution in [0.5, 0.6) is 0 Å². The normalized spacial score (nSPS) is 11.9. The van der Waals surface area contributed by atoms with E-state index in [0.717, 1.165) is 5.56 Å². The molecule has 0 radical (unpaired) electrons. The highest BCUT2D eigenvalue weighted by molar-refractivity contribution is 5.78. The van der Waals surface area contributed by atoms with E-state index >= 15 is 0 Å². The van der Waals surface area contributed by atoms with Crippen LogP contribution in [0.3, 0.4) is 0 Å². The summed E-state index contributed by atoms with van der Waals surface area (Å²) >= 11 is 0. The van der Waals surface area contributed by atoms with Gasteiger partial charge < -0.3 is 20.5 Å². The summed E-state index contributed by atoms with van der Waals surface area (Å²) in [6.07, 6.45) is 0.210. The third-order valence-corrected chi connectivity index (χ3v) is 3.52. The van der Waals surface area contributed by atoms with Crippen molar-refractivity contribution in [2.24, 2.45) is 0 Å². The Morgan fingerprint density at radius 2 is 2.09 bits per heavy atom. The van der Waals surface area contributed by atoms with E-state index < -0.39 is 16.9 Å². The van der Waals surface area contributed by atoms with Gasteiger partial charge in [-0.1, -0.05) is 30.3 Å². The summed E-state index contributed by atoms with van der Waals surface area (Å²) in [4.78, 5) is 26.0. The maximum absolute atomic E-state index is 11.5. The topological polar surface area (TPSA) is 110 Å². The third kappa shape index (κ3) is 3.65. The fraction of sp³-hybridized carbons (Fsp3) is 0.333. The first-order chi connectivity index (χ1) is 10.9. The summed E-state index contributed by atoms with van der Waals surface area (Å²) in [6.45, 7) is 3.91. The van der Waals surface area contributed by atoms with E-state index in [0.29, 0.717) is 12.4 Å². The zero-order valence-corrected chi connectivity index (χ0v) is 12.9. The van der Waals surface area contributed by atoms with Gasteiger partial charge in [-0.05, 0) is 22.4 Å². The number of carboxylic acids is 1. The molecule has 1 aromatic carbocycles. The Morgan fingerprint density at radius 1 is 1.43 bits per heavy atom. The quantitative estimate of drug-likeness (QED) is 0.598. The van der Waals surface area contributed by atoms with E-state index in [4.69, 9.17) is 0 Å². The van der Waals surface area contributed by atoms with Gasteiger partial charge in [-0.2, -0.15) is 0 Å². The minimum Gasteiger partial charge on any atom is -0.480 e. The first kappa shape index (κ1) is 16.5. The van der Waals surface area contributed by atoms with Crippen molar-refractivity contribution in [3.63, 3.8) is 0 Å². The van der Waals surface area contributed by atoms with Crippen molar-refractivity contribution >= 4 is 17.6 Å². The minimum absolute atomic E-state index is 0.123. The first-order valence-electron chi connectivity index (χ1n) is 7.18. The van der Waals surface area contributed by atoms with E-state index in [-0.39, 0.29) is 18.1 Å². The number of rotatable bonds is 7. The van der Waals surface area contributed by atoms with Crippen molar-refractivity contribution in [1.29, 1.82) is 0 Å². The van der Waals surface area contributed by atoms with Crippen molar-refractivity contribution < 1.29 is 14.8 Å². The van der Waals surface area contributed by atoms with Crippen molar-refractivity contribution in [2.45, 2.75) is 32.9 Å². The van der Waals surface area contributed by atoms with Crippen molar-refractivity contribution in [1.82, 2.24) is 9.55 Å². The lowest BCUT2D eigenvalue weighted by atomic mass is 10.1. The predicted octanol–water partition coefficient (Wildman–Crippen LogP) is 2.23. The van der Waals surface area contributed by atoms with Crippen LogP contribution in [0, 0.1) is 17.0 Å². The van der Waals surface area contributed by atoms with Crippen molar-refractivity contribution in [3.05, 3.63) is 51.8 Å². The fourth-order valence-electron chi connectivity index (χ4n) is 2.42. The molecule has 2 aromatic rings. The number of carbonyl (C=O) groups is 1. The molecule has 0 spiro atoms. The number of imidazole rings is 1. The van der Waals surface area contributed by atoms with E-state index in [1.54, 1.807) is 11.5 Å². The molecule has 0 saturated heterocycles. The molecular weight excluding hydrogens is 300 g/mol. The SMILES string of the molecule is CCn1c(C)nc([N+](=O)[O-])c1N[C@H](Cc1ccccc1)C(=O)O. The van der Waals surface area contributed by atoms with Gasteiger partial charge in [0.2, 0.25) is 11.6 Å². The van der Waals surface area contributed by atoms with E-state index in [2.05, 4.69) is 10.3 Å². The third-order valence-electron chi connectivity index (χ3n) is 3.52. The molecule has 1 atom stereocenters. The molecule has 2 rings (SSSR count). The lowest BCUT2D eigenvalue weighted by molar-refractivity contribution is -0.388. The Morgan fingerprint density at radius 3 is 2.61 bits per heavy atom. The highest BCUT2D eigenvalue weighted by Gasteiger charge is 2.29. The number of aryl methyl sites for hydroxylation is 1. The Hall–Kier alpha value is -2.90. The number of nitrogens with one attached hydrogen (secondary N) is 1. The van der Waals surface area contributed by atoms with Gasteiger partial charge in [-0.25, -0.2) is 4.79 Å². The van der Waals surface area contributed by atoms with E-state index in [9.17, 15) is 20.0 Å². The number of benzene rings is 1. The largest absolute Gasteiger partial charge is 0.480 e. The molecule has 1 aromatic heterocycles. The van der Waals surface area contributed by atoms with Crippen LogP contribution < -0.4 is 5.32 Å². The van der Waals surface area contributed by atoms with Crippen LogP contribution in [0.25, 0.3) is 0 Å². The van der Waals surface area contributed by atoms with Gasteiger partial charge in [0, 0.05) is 19.9 Å². The number of anilines is 1. The number of hydrogen-bond donors (Lipinski definition) is 2. The van der Waals surface area contributed by atoms with Crippen LogP contribution in [0.4, 0.5) is 11.6 Å². The van der Waals surface area contributed by atoms with E-state index in [1.807, 2.05) is 37.3 Å². The van der Waals surface area contributed by atoms with Crippen molar-refractivity contribution in [2.75, 3.05) is 5.32 Å². The molecule has 0 fully saturated rings. The molecule has 0 aliphatic heterocycles. The number of nitrogens with zero attached hydrogens (tertiary/aromatic N) is 3. The smallest absolute Gasteiger partial charge is 0.406 e. The molecule has 0 aliphatic rings. The van der Waals surface area contributed by atoms with Crippen LogP contribution in [0.1, 0.15) is 18.3 Å². The zero-order valence-electron chi connectivity index (χ0n) is 12.9. The van der Waals surface area contributed by atoms with E-state index in [1.165, 1.54) is 0 Å². The summed E-state index contributed by atoms with van der Waals surface area (Å²) in [5.74, 6) is -0.850. The minimum atomic E-state index is -1.08.